The van der Waals surface area contributed by atoms with E-state index >= 15 is 0 Å². The van der Waals surface area contributed by atoms with Crippen LogP contribution in [-0.4, -0.2) is 18.3 Å². The average molecular weight is 204 g/mol. The Morgan fingerprint density at radius 2 is 2.29 bits per heavy atom. The summed E-state index contributed by atoms with van der Waals surface area (Å²) in [4.78, 5) is 10.5. The highest BCUT2D eigenvalue weighted by Crippen LogP contribution is 2.41. The number of Topliss-reactive ketones (excluding diaryl/α,β-unsaturated/α-hetero) is 1. The molecule has 0 spiro atoms. The van der Waals surface area contributed by atoms with Gasteiger partial charge in [0.15, 0.2) is 0 Å². The van der Waals surface area contributed by atoms with E-state index in [1.54, 1.807) is 6.26 Å². The molecule has 4 heteroatoms. The zero-order valence-corrected chi connectivity index (χ0v) is 8.35. The number of carbonyl (C=O) groups is 1. The van der Waals surface area contributed by atoms with Gasteiger partial charge in [-0.3, -0.25) is 4.79 Å². The first-order valence-electron chi connectivity index (χ1n) is 4.60. The van der Waals surface area contributed by atoms with Crippen LogP contribution in [0.1, 0.15) is 26.7 Å². The predicted molar refractivity (Wildman–Crippen MR) is 48.1 cm³/mol. The molecule has 0 aromatic rings. The standard InChI is InChI=1S/C10H14F2O2/c1-7(2)6-14-4-3-8-5-9(13)10(8,11)12/h6,8H,3-5H2,1-2H3. The zero-order chi connectivity index (χ0) is 10.8. The van der Waals surface area contributed by atoms with Crippen LogP contribution in [0.5, 0.6) is 0 Å². The van der Waals surface area contributed by atoms with Crippen LogP contribution in [0.15, 0.2) is 11.8 Å². The largest absolute Gasteiger partial charge is 0.501 e. The molecule has 1 fully saturated rings. The molecule has 14 heavy (non-hydrogen) atoms. The predicted octanol–water partition coefficient (Wildman–Crippen LogP) is 2.54. The summed E-state index contributed by atoms with van der Waals surface area (Å²) in [6.07, 6.45) is 1.77. The van der Waals surface area contributed by atoms with Gasteiger partial charge in [0.2, 0.25) is 5.78 Å². The van der Waals surface area contributed by atoms with E-state index in [0.29, 0.717) is 0 Å². The second-order valence-electron chi connectivity index (χ2n) is 3.80. The van der Waals surface area contributed by atoms with Crippen LogP contribution in [0.2, 0.25) is 0 Å². The second-order valence-corrected chi connectivity index (χ2v) is 3.80. The van der Waals surface area contributed by atoms with Crippen LogP contribution in [0, 0.1) is 5.92 Å². The minimum Gasteiger partial charge on any atom is -0.501 e. The van der Waals surface area contributed by atoms with Crippen molar-refractivity contribution in [1.29, 1.82) is 0 Å². The molecule has 0 heterocycles. The van der Waals surface area contributed by atoms with Gasteiger partial charge in [0, 0.05) is 12.3 Å². The molecule has 0 aromatic carbocycles. The fourth-order valence-electron chi connectivity index (χ4n) is 1.30. The van der Waals surface area contributed by atoms with Gasteiger partial charge in [-0.05, 0) is 25.8 Å². The van der Waals surface area contributed by atoms with Crippen molar-refractivity contribution in [1.82, 2.24) is 0 Å². The highest BCUT2D eigenvalue weighted by atomic mass is 19.3. The van der Waals surface area contributed by atoms with Gasteiger partial charge >= 0.3 is 5.92 Å². The molecule has 1 rings (SSSR count). The molecule has 0 radical (unpaired) electrons. The van der Waals surface area contributed by atoms with Crippen LogP contribution < -0.4 is 0 Å². The van der Waals surface area contributed by atoms with Crippen LogP contribution in [0.4, 0.5) is 8.78 Å². The second kappa shape index (κ2) is 4.07. The van der Waals surface area contributed by atoms with Crippen molar-refractivity contribution < 1.29 is 18.3 Å². The summed E-state index contributed by atoms with van der Waals surface area (Å²) in [5.41, 5.74) is 0.987. The fraction of sp³-hybridized carbons (Fsp3) is 0.700. The van der Waals surface area contributed by atoms with Crippen LogP contribution >= 0.6 is 0 Å². The summed E-state index contributed by atoms with van der Waals surface area (Å²) in [5, 5.41) is 0. The van der Waals surface area contributed by atoms with Gasteiger partial charge in [0.1, 0.15) is 0 Å². The molecule has 0 aliphatic heterocycles. The number of rotatable bonds is 4. The normalized spacial score (nSPS) is 24.0. The molecule has 0 saturated heterocycles. The summed E-state index contributed by atoms with van der Waals surface area (Å²) in [7, 11) is 0. The molecule has 1 saturated carbocycles. The minimum absolute atomic E-state index is 0.00875. The van der Waals surface area contributed by atoms with Gasteiger partial charge in [-0.2, -0.15) is 8.78 Å². The van der Waals surface area contributed by atoms with E-state index in [9.17, 15) is 13.6 Å². The third kappa shape index (κ3) is 2.30. The number of allylic oxidation sites excluding steroid dienone is 1. The SMILES string of the molecule is CC(C)=COCCC1CC(=O)C1(F)F. The van der Waals surface area contributed by atoms with Crippen molar-refractivity contribution in [3.05, 3.63) is 11.8 Å². The van der Waals surface area contributed by atoms with E-state index in [0.717, 1.165) is 5.57 Å². The van der Waals surface area contributed by atoms with Crippen molar-refractivity contribution in [2.75, 3.05) is 6.61 Å². The maximum atomic E-state index is 12.8. The summed E-state index contributed by atoms with van der Waals surface area (Å²) in [5.74, 6) is -4.86. The number of hydrogen-bond donors (Lipinski definition) is 0. The molecule has 1 atom stereocenters. The summed E-state index contributed by atoms with van der Waals surface area (Å²) in [6, 6.07) is 0. The molecule has 80 valence electrons. The van der Waals surface area contributed by atoms with E-state index in [1.807, 2.05) is 13.8 Å². The average Bonchev–Trinajstić information content (AvgIpc) is 2.10. The van der Waals surface area contributed by atoms with Crippen molar-refractivity contribution in [2.24, 2.45) is 5.92 Å². The van der Waals surface area contributed by atoms with E-state index in [2.05, 4.69) is 0 Å². The zero-order valence-electron chi connectivity index (χ0n) is 8.35. The van der Waals surface area contributed by atoms with Crippen LogP contribution in [0.25, 0.3) is 0 Å². The van der Waals surface area contributed by atoms with Crippen LogP contribution in [-0.2, 0) is 9.53 Å². The molecule has 1 unspecified atom stereocenters. The Hall–Kier alpha value is -0.930. The molecule has 2 nitrogen and oxygen atoms in total. The monoisotopic (exact) mass is 204 g/mol. The third-order valence-corrected chi connectivity index (χ3v) is 2.22. The maximum Gasteiger partial charge on any atom is 0.308 e. The summed E-state index contributed by atoms with van der Waals surface area (Å²) >= 11 is 0. The number of carbonyl (C=O) groups excluding carboxylic acids is 1. The maximum absolute atomic E-state index is 12.8. The lowest BCUT2D eigenvalue weighted by atomic mass is 9.77. The third-order valence-electron chi connectivity index (χ3n) is 2.22. The molecule has 0 bridgehead atoms. The first kappa shape index (κ1) is 11.1. The Balaban J connectivity index is 2.21. The quantitative estimate of drug-likeness (QED) is 0.519. The minimum atomic E-state index is -3.10. The van der Waals surface area contributed by atoms with Gasteiger partial charge in [-0.25, -0.2) is 0 Å². The van der Waals surface area contributed by atoms with Gasteiger partial charge in [0.05, 0.1) is 12.9 Å². The molecule has 0 N–H and O–H groups in total. The van der Waals surface area contributed by atoms with Crippen molar-refractivity contribution in [3.63, 3.8) is 0 Å². The Kier molecular flexibility index (Phi) is 3.24. The Morgan fingerprint density at radius 3 is 2.71 bits per heavy atom. The summed E-state index contributed by atoms with van der Waals surface area (Å²) < 4.78 is 30.5. The number of halogens is 2. The van der Waals surface area contributed by atoms with Gasteiger partial charge in [-0.1, -0.05) is 0 Å². The molecule has 0 amide bonds. The molecular formula is C10H14F2O2. The molecule has 1 aliphatic carbocycles. The Morgan fingerprint density at radius 1 is 1.64 bits per heavy atom. The highest BCUT2D eigenvalue weighted by Gasteiger charge is 2.56. The molecule has 0 aromatic heterocycles. The van der Waals surface area contributed by atoms with Gasteiger partial charge in [0.25, 0.3) is 0 Å². The van der Waals surface area contributed by atoms with E-state index in [4.69, 9.17) is 4.74 Å². The molecule has 1 aliphatic rings. The summed E-state index contributed by atoms with van der Waals surface area (Å²) in [6.45, 7) is 3.97. The van der Waals surface area contributed by atoms with Gasteiger partial charge in [-0.15, -0.1) is 0 Å². The van der Waals surface area contributed by atoms with E-state index < -0.39 is 17.6 Å². The molecular weight excluding hydrogens is 190 g/mol. The Labute approximate surface area is 81.9 Å². The lowest BCUT2D eigenvalue weighted by molar-refractivity contribution is -0.175. The lowest BCUT2D eigenvalue weighted by Crippen LogP contribution is -2.49. The van der Waals surface area contributed by atoms with Crippen molar-refractivity contribution in [2.45, 2.75) is 32.6 Å². The lowest BCUT2D eigenvalue weighted by Gasteiger charge is -2.34. The first-order chi connectivity index (χ1) is 6.44. The number of alkyl halides is 2. The van der Waals surface area contributed by atoms with Crippen molar-refractivity contribution >= 4 is 5.78 Å². The number of ether oxygens (including phenoxy) is 1. The Bertz CT molecular complexity index is 255. The van der Waals surface area contributed by atoms with E-state index in [-0.39, 0.29) is 19.4 Å². The van der Waals surface area contributed by atoms with E-state index in [1.165, 1.54) is 0 Å². The smallest absolute Gasteiger partial charge is 0.308 e. The highest BCUT2D eigenvalue weighted by molar-refractivity contribution is 5.92. The number of ketones is 1. The topological polar surface area (TPSA) is 26.3 Å². The van der Waals surface area contributed by atoms with Gasteiger partial charge < -0.3 is 4.74 Å². The van der Waals surface area contributed by atoms with Crippen LogP contribution in [0.3, 0.4) is 0 Å². The van der Waals surface area contributed by atoms with Crippen molar-refractivity contribution in [3.8, 4) is 0 Å². The first-order valence-corrected chi connectivity index (χ1v) is 4.60. The number of hydrogen-bond acceptors (Lipinski definition) is 2. The fourth-order valence-corrected chi connectivity index (χ4v) is 1.30.